The summed E-state index contributed by atoms with van der Waals surface area (Å²) in [5.41, 5.74) is 0.569. The summed E-state index contributed by atoms with van der Waals surface area (Å²) in [6, 6.07) is 9.00. The molecule has 1 N–H and O–H groups in total. The number of benzene rings is 1. The Kier molecular flexibility index (Phi) is 5.26. The van der Waals surface area contributed by atoms with Gasteiger partial charge in [-0.15, -0.1) is 0 Å². The van der Waals surface area contributed by atoms with Crippen LogP contribution in [0.2, 0.25) is 0 Å². The zero-order chi connectivity index (χ0) is 13.4. The molecule has 1 aromatic carbocycles. The quantitative estimate of drug-likeness (QED) is 0.489. The minimum absolute atomic E-state index is 0.108. The van der Waals surface area contributed by atoms with Crippen molar-refractivity contribution in [3.8, 4) is 11.8 Å². The molecular formula is C13H14N2O3. The average molecular weight is 246 g/mol. The second-order valence-electron chi connectivity index (χ2n) is 3.23. The normalized spacial score (nSPS) is 10.4. The second-order valence-corrected chi connectivity index (χ2v) is 3.23. The van der Waals surface area contributed by atoms with E-state index in [1.54, 1.807) is 18.2 Å². The number of esters is 1. The van der Waals surface area contributed by atoms with E-state index in [4.69, 9.17) is 10.00 Å². The van der Waals surface area contributed by atoms with E-state index in [0.29, 0.717) is 18.0 Å². The highest BCUT2D eigenvalue weighted by Gasteiger charge is 2.08. The Morgan fingerprint density at radius 1 is 1.50 bits per heavy atom. The van der Waals surface area contributed by atoms with E-state index in [2.05, 4.69) is 10.1 Å². The molecule has 0 spiro atoms. The zero-order valence-electron chi connectivity index (χ0n) is 10.3. The fourth-order valence-electron chi connectivity index (χ4n) is 1.26. The van der Waals surface area contributed by atoms with Crippen LogP contribution in [0.4, 0.5) is 5.69 Å². The van der Waals surface area contributed by atoms with Crippen LogP contribution in [-0.2, 0) is 9.53 Å². The number of methoxy groups -OCH3 is 1. The van der Waals surface area contributed by atoms with Crippen LogP contribution in [-0.4, -0.2) is 19.7 Å². The van der Waals surface area contributed by atoms with Crippen LogP contribution in [0.5, 0.6) is 5.75 Å². The first-order valence-electron chi connectivity index (χ1n) is 5.39. The summed E-state index contributed by atoms with van der Waals surface area (Å²) in [7, 11) is 1.22. The van der Waals surface area contributed by atoms with Gasteiger partial charge in [0.1, 0.15) is 11.8 Å². The molecule has 0 heterocycles. The molecule has 5 nitrogen and oxygen atoms in total. The number of anilines is 1. The zero-order valence-corrected chi connectivity index (χ0v) is 10.3. The molecule has 0 fully saturated rings. The van der Waals surface area contributed by atoms with Gasteiger partial charge in [0, 0.05) is 6.20 Å². The van der Waals surface area contributed by atoms with Crippen molar-refractivity contribution in [2.24, 2.45) is 0 Å². The smallest absolute Gasteiger partial charge is 0.350 e. The molecule has 94 valence electrons. The molecule has 0 bridgehead atoms. The van der Waals surface area contributed by atoms with Crippen molar-refractivity contribution in [1.82, 2.24) is 0 Å². The molecule has 1 aromatic rings. The topological polar surface area (TPSA) is 71.3 Å². The maximum atomic E-state index is 11.2. The maximum absolute atomic E-state index is 11.2. The van der Waals surface area contributed by atoms with E-state index in [0.717, 1.165) is 0 Å². The van der Waals surface area contributed by atoms with Crippen LogP contribution in [0.1, 0.15) is 6.92 Å². The third-order valence-electron chi connectivity index (χ3n) is 2.08. The van der Waals surface area contributed by atoms with Crippen molar-refractivity contribution in [2.75, 3.05) is 19.0 Å². The molecule has 0 unspecified atom stereocenters. The third kappa shape index (κ3) is 3.52. The molecule has 18 heavy (non-hydrogen) atoms. The standard InChI is InChI=1S/C13H14N2O3/c1-3-18-12-7-5-4-6-11(12)15-9-10(8-14)13(16)17-2/h4-7,9,15H,3H2,1-2H3/b10-9+. The van der Waals surface area contributed by atoms with E-state index < -0.39 is 5.97 Å². The van der Waals surface area contributed by atoms with E-state index in [9.17, 15) is 4.79 Å². The van der Waals surface area contributed by atoms with Gasteiger partial charge < -0.3 is 14.8 Å². The largest absolute Gasteiger partial charge is 0.492 e. The molecule has 0 radical (unpaired) electrons. The van der Waals surface area contributed by atoms with Gasteiger partial charge in [0.25, 0.3) is 0 Å². The molecule has 0 atom stereocenters. The van der Waals surface area contributed by atoms with Crippen molar-refractivity contribution >= 4 is 11.7 Å². The van der Waals surface area contributed by atoms with Crippen LogP contribution >= 0.6 is 0 Å². The Morgan fingerprint density at radius 3 is 2.83 bits per heavy atom. The molecule has 1 rings (SSSR count). The van der Waals surface area contributed by atoms with Gasteiger partial charge in [-0.3, -0.25) is 0 Å². The lowest BCUT2D eigenvalue weighted by atomic mass is 10.2. The SMILES string of the molecule is CCOc1ccccc1N/C=C(\C#N)C(=O)OC. The van der Waals surface area contributed by atoms with Gasteiger partial charge >= 0.3 is 5.97 Å². The van der Waals surface area contributed by atoms with E-state index in [1.807, 2.05) is 19.1 Å². The number of carbonyl (C=O) groups excluding carboxylic acids is 1. The van der Waals surface area contributed by atoms with Crippen LogP contribution in [0.15, 0.2) is 36.0 Å². The summed E-state index contributed by atoms with van der Waals surface area (Å²) in [4.78, 5) is 11.2. The molecule has 0 aliphatic heterocycles. The molecule has 0 aliphatic rings. The molecule has 5 heteroatoms. The van der Waals surface area contributed by atoms with Gasteiger partial charge in [-0.05, 0) is 19.1 Å². The van der Waals surface area contributed by atoms with E-state index in [-0.39, 0.29) is 5.57 Å². The van der Waals surface area contributed by atoms with Crippen LogP contribution in [0.25, 0.3) is 0 Å². The summed E-state index contributed by atoms with van der Waals surface area (Å²) in [5.74, 6) is -0.0303. The maximum Gasteiger partial charge on any atom is 0.350 e. The number of hydrogen-bond acceptors (Lipinski definition) is 5. The third-order valence-corrected chi connectivity index (χ3v) is 2.08. The molecule has 0 aliphatic carbocycles. The average Bonchev–Trinajstić information content (AvgIpc) is 2.41. The minimum atomic E-state index is -0.682. The summed E-state index contributed by atoms with van der Waals surface area (Å²) < 4.78 is 9.87. The Hall–Kier alpha value is -2.48. The number of hydrogen-bond donors (Lipinski definition) is 1. The van der Waals surface area contributed by atoms with Gasteiger partial charge in [0.15, 0.2) is 5.57 Å². The van der Waals surface area contributed by atoms with Crippen molar-refractivity contribution in [1.29, 1.82) is 5.26 Å². The van der Waals surface area contributed by atoms with Crippen molar-refractivity contribution in [2.45, 2.75) is 6.92 Å². The molecule has 0 amide bonds. The van der Waals surface area contributed by atoms with Gasteiger partial charge in [-0.2, -0.15) is 5.26 Å². The van der Waals surface area contributed by atoms with Crippen LogP contribution < -0.4 is 10.1 Å². The highest BCUT2D eigenvalue weighted by atomic mass is 16.5. The Bertz CT molecular complexity index is 489. The monoisotopic (exact) mass is 246 g/mol. The first kappa shape index (κ1) is 13.6. The number of para-hydroxylation sites is 2. The van der Waals surface area contributed by atoms with Crippen molar-refractivity contribution in [3.63, 3.8) is 0 Å². The fraction of sp³-hybridized carbons (Fsp3) is 0.231. The summed E-state index contributed by atoms with van der Waals surface area (Å²) >= 11 is 0. The summed E-state index contributed by atoms with van der Waals surface area (Å²) in [6.07, 6.45) is 1.30. The van der Waals surface area contributed by atoms with Gasteiger partial charge in [-0.1, -0.05) is 12.1 Å². The molecule has 0 aromatic heterocycles. The lowest BCUT2D eigenvalue weighted by Gasteiger charge is -2.09. The first-order valence-corrected chi connectivity index (χ1v) is 5.39. The number of rotatable bonds is 5. The second kappa shape index (κ2) is 6.97. The number of ether oxygens (including phenoxy) is 2. The minimum Gasteiger partial charge on any atom is -0.492 e. The number of nitrogens with one attached hydrogen (secondary N) is 1. The van der Waals surface area contributed by atoms with Crippen LogP contribution in [0, 0.1) is 11.3 Å². The van der Waals surface area contributed by atoms with Gasteiger partial charge in [0.05, 0.1) is 19.4 Å². The summed E-state index contributed by atoms with van der Waals surface area (Å²) in [5, 5.41) is 11.6. The Balaban J connectivity index is 2.88. The number of nitrogens with zero attached hydrogens (tertiary/aromatic N) is 1. The van der Waals surface area contributed by atoms with E-state index >= 15 is 0 Å². The van der Waals surface area contributed by atoms with Crippen molar-refractivity contribution < 1.29 is 14.3 Å². The Labute approximate surface area is 106 Å². The fourth-order valence-corrected chi connectivity index (χ4v) is 1.26. The highest BCUT2D eigenvalue weighted by Crippen LogP contribution is 2.23. The van der Waals surface area contributed by atoms with Crippen LogP contribution in [0.3, 0.4) is 0 Å². The molecule has 0 saturated heterocycles. The first-order chi connectivity index (χ1) is 8.72. The number of carbonyl (C=O) groups is 1. The van der Waals surface area contributed by atoms with E-state index in [1.165, 1.54) is 13.3 Å². The Morgan fingerprint density at radius 2 is 2.22 bits per heavy atom. The predicted octanol–water partition coefficient (Wildman–Crippen LogP) is 2.08. The lowest BCUT2D eigenvalue weighted by molar-refractivity contribution is -0.135. The highest BCUT2D eigenvalue weighted by molar-refractivity contribution is 5.93. The summed E-state index contributed by atoms with van der Waals surface area (Å²) in [6.45, 7) is 2.41. The predicted molar refractivity (Wildman–Crippen MR) is 66.9 cm³/mol. The van der Waals surface area contributed by atoms with Crippen molar-refractivity contribution in [3.05, 3.63) is 36.0 Å². The lowest BCUT2D eigenvalue weighted by Crippen LogP contribution is -2.05. The number of nitriles is 1. The molecular weight excluding hydrogens is 232 g/mol. The van der Waals surface area contributed by atoms with Gasteiger partial charge in [0.2, 0.25) is 0 Å². The molecule has 0 saturated carbocycles. The van der Waals surface area contributed by atoms with Gasteiger partial charge in [-0.25, -0.2) is 4.79 Å².